The minimum atomic E-state index is -0.254. The van der Waals surface area contributed by atoms with Gasteiger partial charge in [0.05, 0.1) is 12.7 Å². The van der Waals surface area contributed by atoms with Crippen LogP contribution in [0.4, 0.5) is 0 Å². The van der Waals surface area contributed by atoms with E-state index in [0.717, 1.165) is 42.6 Å². The summed E-state index contributed by atoms with van der Waals surface area (Å²) in [6.07, 6.45) is 14.6. The summed E-state index contributed by atoms with van der Waals surface area (Å²) in [4.78, 5) is 0. The third kappa shape index (κ3) is 3.24. The molecule has 0 radical (unpaired) electrons. The minimum absolute atomic E-state index is 0.254. The highest BCUT2D eigenvalue weighted by atomic mass is 16.7. The molecule has 32 heavy (non-hydrogen) atoms. The molecule has 12 unspecified atom stereocenters. The zero-order valence-corrected chi connectivity index (χ0v) is 22.3. The lowest BCUT2D eigenvalue weighted by Crippen LogP contribution is -2.54. The fourth-order valence-electron chi connectivity index (χ4n) is 10.5. The number of ether oxygens (including phenoxy) is 2. The summed E-state index contributed by atoms with van der Waals surface area (Å²) in [5.74, 6) is 6.52. The monoisotopic (exact) mass is 444 g/mol. The van der Waals surface area contributed by atoms with Gasteiger partial charge in [0.1, 0.15) is 0 Å². The van der Waals surface area contributed by atoms with Crippen LogP contribution in [0, 0.1) is 58.2 Å². The van der Waals surface area contributed by atoms with Gasteiger partial charge in [-0.1, -0.05) is 54.9 Å². The van der Waals surface area contributed by atoms with Crippen LogP contribution in [-0.2, 0) is 9.47 Å². The Balaban J connectivity index is 0.00000105. The fourth-order valence-corrected chi connectivity index (χ4v) is 10.5. The van der Waals surface area contributed by atoms with E-state index in [9.17, 15) is 0 Å². The Morgan fingerprint density at radius 1 is 0.719 bits per heavy atom. The van der Waals surface area contributed by atoms with Gasteiger partial charge in [0.2, 0.25) is 0 Å². The summed E-state index contributed by atoms with van der Waals surface area (Å²) in [7, 11) is 0. The molecule has 4 saturated carbocycles. The lowest BCUT2D eigenvalue weighted by atomic mass is 9.44. The Kier molecular flexibility index (Phi) is 6.10. The predicted molar refractivity (Wildman–Crippen MR) is 132 cm³/mol. The van der Waals surface area contributed by atoms with Crippen LogP contribution in [0.5, 0.6) is 0 Å². The van der Waals surface area contributed by atoms with Crippen molar-refractivity contribution >= 4 is 0 Å². The van der Waals surface area contributed by atoms with E-state index in [-0.39, 0.29) is 5.79 Å². The first kappa shape index (κ1) is 23.7. The van der Waals surface area contributed by atoms with Crippen LogP contribution in [0.25, 0.3) is 0 Å². The Morgan fingerprint density at radius 3 is 2.16 bits per heavy atom. The second-order valence-electron chi connectivity index (χ2n) is 13.6. The van der Waals surface area contributed by atoms with Crippen molar-refractivity contribution in [2.45, 2.75) is 125 Å². The van der Waals surface area contributed by atoms with E-state index in [1.807, 2.05) is 13.8 Å². The van der Waals surface area contributed by atoms with Gasteiger partial charge in [-0.2, -0.15) is 0 Å². The van der Waals surface area contributed by atoms with Crippen LogP contribution >= 0.6 is 0 Å². The van der Waals surface area contributed by atoms with Crippen LogP contribution in [0.1, 0.15) is 113 Å². The molecule has 1 spiro atoms. The van der Waals surface area contributed by atoms with E-state index in [1.54, 1.807) is 0 Å². The zero-order valence-electron chi connectivity index (χ0n) is 22.3. The lowest BCUT2D eigenvalue weighted by molar-refractivity contribution is -0.273. The molecule has 0 N–H and O–H groups in total. The topological polar surface area (TPSA) is 18.5 Å². The molecule has 0 aromatic heterocycles. The third-order valence-corrected chi connectivity index (χ3v) is 12.2. The van der Waals surface area contributed by atoms with Crippen molar-refractivity contribution < 1.29 is 9.47 Å². The van der Waals surface area contributed by atoms with Gasteiger partial charge >= 0.3 is 0 Å². The molecule has 6 rings (SSSR count). The van der Waals surface area contributed by atoms with E-state index in [2.05, 4.69) is 34.6 Å². The van der Waals surface area contributed by atoms with Crippen molar-refractivity contribution in [3.63, 3.8) is 0 Å². The van der Waals surface area contributed by atoms with Crippen LogP contribution < -0.4 is 0 Å². The molecule has 184 valence electrons. The maximum Gasteiger partial charge on any atom is 0.171 e. The highest BCUT2D eigenvalue weighted by molar-refractivity contribution is 5.15. The van der Waals surface area contributed by atoms with Crippen LogP contribution in [0.2, 0.25) is 0 Å². The summed E-state index contributed by atoms with van der Waals surface area (Å²) in [5.41, 5.74) is 1.11. The predicted octanol–water partition coefficient (Wildman–Crippen LogP) is 8.10. The average Bonchev–Trinajstić information content (AvgIpc) is 3.23. The SMILES string of the molecule is CC.CC1CCC2(OC1)OC1CC3C4CCC5CC(C)CCC5(C)C4CCC3(C)C1C2C. The largest absolute Gasteiger partial charge is 0.349 e. The van der Waals surface area contributed by atoms with Gasteiger partial charge in [-0.25, -0.2) is 0 Å². The number of fused-ring (bicyclic) bond motifs is 7. The summed E-state index contributed by atoms with van der Waals surface area (Å²) in [6.45, 7) is 17.6. The third-order valence-electron chi connectivity index (χ3n) is 12.2. The normalized spacial score (nSPS) is 58.8. The Bertz CT molecular complexity index is 680. The van der Waals surface area contributed by atoms with Gasteiger partial charge in [-0.05, 0) is 104 Å². The molecule has 0 bridgehead atoms. The van der Waals surface area contributed by atoms with Gasteiger partial charge < -0.3 is 9.47 Å². The lowest BCUT2D eigenvalue weighted by Gasteiger charge is -2.61. The van der Waals surface area contributed by atoms with Gasteiger partial charge in [0.25, 0.3) is 0 Å². The van der Waals surface area contributed by atoms with Crippen LogP contribution in [-0.4, -0.2) is 18.5 Å². The molecule has 2 saturated heterocycles. The van der Waals surface area contributed by atoms with Gasteiger partial charge in [0, 0.05) is 12.3 Å². The van der Waals surface area contributed by atoms with Crippen molar-refractivity contribution in [1.82, 2.24) is 0 Å². The molecule has 2 heteroatoms. The van der Waals surface area contributed by atoms with Crippen LogP contribution in [0.15, 0.2) is 0 Å². The maximum atomic E-state index is 6.93. The van der Waals surface area contributed by atoms with E-state index in [4.69, 9.17) is 9.47 Å². The van der Waals surface area contributed by atoms with Gasteiger partial charge in [-0.15, -0.1) is 0 Å². The molecule has 2 aliphatic heterocycles. The Labute approximate surface area is 199 Å². The van der Waals surface area contributed by atoms with Crippen molar-refractivity contribution in [3.05, 3.63) is 0 Å². The Morgan fingerprint density at radius 2 is 1.44 bits per heavy atom. The molecule has 12 atom stereocenters. The molecule has 0 amide bonds. The molecular formula is C30H52O2. The molecule has 6 aliphatic rings. The van der Waals surface area contributed by atoms with Crippen molar-refractivity contribution in [2.75, 3.05) is 6.61 Å². The van der Waals surface area contributed by atoms with Crippen molar-refractivity contribution in [3.8, 4) is 0 Å². The number of hydrogen-bond acceptors (Lipinski definition) is 2. The number of rotatable bonds is 0. The van der Waals surface area contributed by atoms with E-state index in [0.29, 0.717) is 34.7 Å². The maximum absolute atomic E-state index is 6.93. The van der Waals surface area contributed by atoms with Crippen molar-refractivity contribution in [1.29, 1.82) is 0 Å². The molecule has 6 fully saturated rings. The minimum Gasteiger partial charge on any atom is -0.349 e. The summed E-state index contributed by atoms with van der Waals surface area (Å²) in [6, 6.07) is 0. The smallest absolute Gasteiger partial charge is 0.171 e. The average molecular weight is 445 g/mol. The standard InChI is InChI=1S/C28H46O2.C2H6/c1-17-8-11-26(4)20(14-17)6-7-21-22(26)10-12-27(5)23(21)15-24-25(27)19(3)28(30-24)13-9-18(2)16-29-28;1-2/h17-25H,6-16H2,1-5H3;1-2H3. The van der Waals surface area contributed by atoms with E-state index in [1.165, 1.54) is 57.8 Å². The first-order valence-corrected chi connectivity index (χ1v) is 14.6. The highest BCUT2D eigenvalue weighted by Gasteiger charge is 2.69. The highest BCUT2D eigenvalue weighted by Crippen LogP contribution is 2.71. The van der Waals surface area contributed by atoms with E-state index >= 15 is 0 Å². The second kappa shape index (κ2) is 8.25. The molecule has 0 aromatic rings. The second-order valence-corrected chi connectivity index (χ2v) is 13.6. The summed E-state index contributed by atoms with van der Waals surface area (Å²) >= 11 is 0. The molecule has 2 heterocycles. The Hall–Kier alpha value is -0.0800. The molecule has 4 aliphatic carbocycles. The first-order chi connectivity index (χ1) is 15.3. The molecule has 2 nitrogen and oxygen atoms in total. The van der Waals surface area contributed by atoms with Crippen molar-refractivity contribution in [2.24, 2.45) is 58.2 Å². The van der Waals surface area contributed by atoms with Gasteiger partial charge in [-0.3, -0.25) is 0 Å². The quantitative estimate of drug-likeness (QED) is 0.376. The zero-order chi connectivity index (χ0) is 22.9. The summed E-state index contributed by atoms with van der Waals surface area (Å²) in [5, 5.41) is 0. The van der Waals surface area contributed by atoms with E-state index < -0.39 is 0 Å². The first-order valence-electron chi connectivity index (χ1n) is 14.6. The fraction of sp³-hybridized carbons (Fsp3) is 1.00. The molecular weight excluding hydrogens is 392 g/mol. The van der Waals surface area contributed by atoms with Gasteiger partial charge in [0.15, 0.2) is 5.79 Å². The summed E-state index contributed by atoms with van der Waals surface area (Å²) < 4.78 is 13.4. The number of hydrogen-bond donors (Lipinski definition) is 0. The molecule has 0 aromatic carbocycles. The van der Waals surface area contributed by atoms with Crippen LogP contribution in [0.3, 0.4) is 0 Å².